The Labute approximate surface area is 180 Å². The van der Waals surface area contributed by atoms with Crippen LogP contribution in [0.1, 0.15) is 70.3 Å². The summed E-state index contributed by atoms with van der Waals surface area (Å²) < 4.78 is 10.7. The van der Waals surface area contributed by atoms with Crippen LogP contribution >= 0.6 is 0 Å². The second-order valence-corrected chi connectivity index (χ2v) is 8.77. The number of benzene rings is 1. The van der Waals surface area contributed by atoms with Gasteiger partial charge in [0, 0.05) is 19.0 Å². The molecule has 0 aromatic heterocycles. The van der Waals surface area contributed by atoms with Crippen LogP contribution in [0, 0.1) is 0 Å². The highest BCUT2D eigenvalue weighted by Gasteiger charge is 2.47. The van der Waals surface area contributed by atoms with E-state index in [1.165, 1.54) is 32.1 Å². The Kier molecular flexibility index (Phi) is 7.62. The molecule has 1 aromatic rings. The first-order chi connectivity index (χ1) is 14.5. The fourth-order valence-electron chi connectivity index (χ4n) is 4.72. The van der Waals surface area contributed by atoms with Gasteiger partial charge in [0.05, 0.1) is 14.2 Å². The van der Waals surface area contributed by atoms with Gasteiger partial charge in [0.25, 0.3) is 0 Å². The molecule has 2 aliphatic rings. The molecule has 6 nitrogen and oxygen atoms in total. The summed E-state index contributed by atoms with van der Waals surface area (Å²) in [6, 6.07) is 6.03. The summed E-state index contributed by atoms with van der Waals surface area (Å²) in [5.74, 6) is 1.42. The number of rotatable bonds is 7. The molecule has 1 N–H and O–H groups in total. The average molecular weight is 417 g/mol. The van der Waals surface area contributed by atoms with Crippen LogP contribution in [0.5, 0.6) is 11.5 Å². The molecule has 0 bridgehead atoms. The molecular formula is C24H36N2O4. The molecule has 2 amide bonds. The normalized spacial score (nSPS) is 23.0. The minimum absolute atomic E-state index is 0.00577. The SMILES string of the molecule is COc1ccc(CCN2C(=O)CC[C@@]2(C)C(=O)NC2CCCCCCC2)cc1OC. The van der Waals surface area contributed by atoms with Gasteiger partial charge in [0.15, 0.2) is 11.5 Å². The van der Waals surface area contributed by atoms with E-state index in [0.29, 0.717) is 37.3 Å². The molecule has 1 aliphatic heterocycles. The summed E-state index contributed by atoms with van der Waals surface area (Å²) >= 11 is 0. The van der Waals surface area contributed by atoms with Crippen LogP contribution in [0.25, 0.3) is 0 Å². The number of nitrogens with zero attached hydrogens (tertiary/aromatic N) is 1. The smallest absolute Gasteiger partial charge is 0.245 e. The van der Waals surface area contributed by atoms with E-state index >= 15 is 0 Å². The van der Waals surface area contributed by atoms with Crippen LogP contribution in [-0.4, -0.2) is 49.1 Å². The highest BCUT2D eigenvalue weighted by atomic mass is 16.5. The zero-order chi connectivity index (χ0) is 21.6. The Hall–Kier alpha value is -2.24. The van der Waals surface area contributed by atoms with Gasteiger partial charge in [-0.1, -0.05) is 38.2 Å². The first kappa shape index (κ1) is 22.4. The zero-order valence-corrected chi connectivity index (χ0v) is 18.7. The van der Waals surface area contributed by atoms with Gasteiger partial charge in [-0.15, -0.1) is 0 Å². The van der Waals surface area contributed by atoms with Gasteiger partial charge in [-0.25, -0.2) is 0 Å². The third-order valence-electron chi connectivity index (χ3n) is 6.72. The zero-order valence-electron chi connectivity index (χ0n) is 18.7. The van der Waals surface area contributed by atoms with E-state index < -0.39 is 5.54 Å². The van der Waals surface area contributed by atoms with E-state index in [9.17, 15) is 9.59 Å². The molecule has 166 valence electrons. The number of amides is 2. The Bertz CT molecular complexity index is 743. The maximum absolute atomic E-state index is 13.2. The average Bonchev–Trinajstić information content (AvgIpc) is 3.03. The maximum atomic E-state index is 13.2. The number of hydrogen-bond acceptors (Lipinski definition) is 4. The lowest BCUT2D eigenvalue weighted by molar-refractivity contribution is -0.141. The molecular weight excluding hydrogens is 380 g/mol. The highest BCUT2D eigenvalue weighted by molar-refractivity contribution is 5.94. The van der Waals surface area contributed by atoms with Gasteiger partial charge in [-0.3, -0.25) is 9.59 Å². The van der Waals surface area contributed by atoms with Crippen molar-refractivity contribution < 1.29 is 19.1 Å². The van der Waals surface area contributed by atoms with Gasteiger partial charge >= 0.3 is 0 Å². The molecule has 30 heavy (non-hydrogen) atoms. The summed E-state index contributed by atoms with van der Waals surface area (Å²) in [5, 5.41) is 3.28. The predicted molar refractivity (Wildman–Crippen MR) is 117 cm³/mol. The van der Waals surface area contributed by atoms with E-state index in [-0.39, 0.29) is 17.9 Å². The molecule has 2 fully saturated rings. The lowest BCUT2D eigenvalue weighted by Gasteiger charge is -2.35. The van der Waals surface area contributed by atoms with Crippen molar-refractivity contribution in [3.8, 4) is 11.5 Å². The third-order valence-corrected chi connectivity index (χ3v) is 6.72. The Morgan fingerprint density at radius 1 is 1.10 bits per heavy atom. The van der Waals surface area contributed by atoms with Crippen molar-refractivity contribution in [3.05, 3.63) is 23.8 Å². The largest absolute Gasteiger partial charge is 0.493 e. The summed E-state index contributed by atoms with van der Waals surface area (Å²) in [4.78, 5) is 27.7. The monoisotopic (exact) mass is 416 g/mol. The molecule has 1 aliphatic carbocycles. The number of carbonyl (C=O) groups is 2. The summed E-state index contributed by atoms with van der Waals surface area (Å²) in [6.07, 6.45) is 9.90. The maximum Gasteiger partial charge on any atom is 0.245 e. The molecule has 1 atom stereocenters. The lowest BCUT2D eigenvalue weighted by Crippen LogP contribution is -2.56. The molecule has 1 saturated carbocycles. The van der Waals surface area contributed by atoms with E-state index in [0.717, 1.165) is 18.4 Å². The number of carbonyl (C=O) groups excluding carboxylic acids is 2. The van der Waals surface area contributed by atoms with Gasteiger partial charge in [0.2, 0.25) is 11.8 Å². The minimum atomic E-state index is -0.768. The molecule has 0 unspecified atom stereocenters. The Balaban J connectivity index is 1.65. The first-order valence-electron chi connectivity index (χ1n) is 11.3. The first-order valence-corrected chi connectivity index (χ1v) is 11.3. The fourth-order valence-corrected chi connectivity index (χ4v) is 4.72. The van der Waals surface area contributed by atoms with Crippen molar-refractivity contribution in [1.82, 2.24) is 10.2 Å². The molecule has 6 heteroatoms. The van der Waals surface area contributed by atoms with E-state index in [4.69, 9.17) is 9.47 Å². The van der Waals surface area contributed by atoms with Crippen molar-refractivity contribution in [1.29, 1.82) is 0 Å². The van der Waals surface area contributed by atoms with Crippen molar-refractivity contribution in [2.45, 2.75) is 82.7 Å². The Morgan fingerprint density at radius 2 is 1.77 bits per heavy atom. The summed E-state index contributed by atoms with van der Waals surface area (Å²) in [6.45, 7) is 2.44. The highest BCUT2D eigenvalue weighted by Crippen LogP contribution is 2.32. The van der Waals surface area contributed by atoms with Crippen LogP contribution in [0.3, 0.4) is 0 Å². The topological polar surface area (TPSA) is 67.9 Å². The lowest BCUT2D eigenvalue weighted by atomic mass is 9.93. The number of ether oxygens (including phenoxy) is 2. The van der Waals surface area contributed by atoms with Crippen molar-refractivity contribution >= 4 is 11.8 Å². The molecule has 3 rings (SSSR count). The number of methoxy groups -OCH3 is 2. The van der Waals surface area contributed by atoms with Crippen molar-refractivity contribution in [2.75, 3.05) is 20.8 Å². The fraction of sp³-hybridized carbons (Fsp3) is 0.667. The van der Waals surface area contributed by atoms with E-state index in [1.54, 1.807) is 19.1 Å². The van der Waals surface area contributed by atoms with Gasteiger partial charge in [-0.05, 0) is 50.3 Å². The van der Waals surface area contributed by atoms with Crippen LogP contribution < -0.4 is 14.8 Å². The summed E-state index contributed by atoms with van der Waals surface area (Å²) in [5.41, 5.74) is 0.283. The van der Waals surface area contributed by atoms with Crippen molar-refractivity contribution in [3.63, 3.8) is 0 Å². The molecule has 0 radical (unpaired) electrons. The van der Waals surface area contributed by atoms with Gasteiger partial charge < -0.3 is 19.7 Å². The van der Waals surface area contributed by atoms with Crippen LogP contribution in [-0.2, 0) is 16.0 Å². The standard InChI is InChI=1S/C24H36N2O4/c1-24(23(28)25-19-9-7-5-4-6-8-10-19)15-13-22(27)26(24)16-14-18-11-12-20(29-2)21(17-18)30-3/h11-12,17,19H,4-10,13-16H2,1-3H3,(H,25,28)/t24-/m0/s1. The van der Waals surface area contributed by atoms with Gasteiger partial charge in [-0.2, -0.15) is 0 Å². The van der Waals surface area contributed by atoms with E-state index in [2.05, 4.69) is 5.32 Å². The van der Waals surface area contributed by atoms with E-state index in [1.807, 2.05) is 25.1 Å². The molecule has 1 saturated heterocycles. The van der Waals surface area contributed by atoms with Crippen molar-refractivity contribution in [2.24, 2.45) is 0 Å². The quantitative estimate of drug-likeness (QED) is 0.733. The second kappa shape index (κ2) is 10.2. The number of hydrogen-bond donors (Lipinski definition) is 1. The van der Waals surface area contributed by atoms with Gasteiger partial charge in [0.1, 0.15) is 5.54 Å². The second-order valence-electron chi connectivity index (χ2n) is 8.77. The number of likely N-dealkylation sites (tertiary alicyclic amines) is 1. The Morgan fingerprint density at radius 3 is 2.43 bits per heavy atom. The minimum Gasteiger partial charge on any atom is -0.493 e. The van der Waals surface area contributed by atoms with Crippen LogP contribution in [0.4, 0.5) is 0 Å². The molecule has 1 aromatic carbocycles. The third kappa shape index (κ3) is 5.08. The number of nitrogens with one attached hydrogen (secondary N) is 1. The molecule has 1 heterocycles. The molecule has 0 spiro atoms. The summed E-state index contributed by atoms with van der Waals surface area (Å²) in [7, 11) is 3.23. The predicted octanol–water partition coefficient (Wildman–Crippen LogP) is 3.86. The van der Waals surface area contributed by atoms with Crippen LogP contribution in [0.15, 0.2) is 18.2 Å². The van der Waals surface area contributed by atoms with Crippen LogP contribution in [0.2, 0.25) is 0 Å².